The molecule has 2 aliphatic rings. The first-order chi connectivity index (χ1) is 19.1. The van der Waals surface area contributed by atoms with Gasteiger partial charge in [-0.15, -0.1) is 0 Å². The van der Waals surface area contributed by atoms with Crippen molar-refractivity contribution in [2.24, 2.45) is 10.9 Å². The van der Waals surface area contributed by atoms with Gasteiger partial charge in [0.2, 0.25) is 0 Å². The molecule has 0 radical (unpaired) electrons. The molecule has 6 heteroatoms. The zero-order valence-electron chi connectivity index (χ0n) is 21.5. The molecule has 0 saturated heterocycles. The average Bonchev–Trinajstić information content (AvgIpc) is 3.46. The fourth-order valence-corrected chi connectivity index (χ4v) is 6.08. The number of hydrogen-bond acceptors (Lipinski definition) is 4. The number of nitrogens with zero attached hydrogens (tertiary/aromatic N) is 1. The highest BCUT2D eigenvalue weighted by Gasteiger charge is 2.37. The number of nitrogens with one attached hydrogen (secondary N) is 1. The number of allylic oxidation sites excluding steroid dienone is 2. The van der Waals surface area contributed by atoms with Gasteiger partial charge in [-0.25, -0.2) is 4.39 Å². The van der Waals surface area contributed by atoms with Gasteiger partial charge in [0.25, 0.3) is 0 Å². The number of aliphatic imine (C=N–C) groups is 1. The molecule has 0 aromatic heterocycles. The van der Waals surface area contributed by atoms with Gasteiger partial charge in [-0.2, -0.15) is 0 Å². The van der Waals surface area contributed by atoms with Gasteiger partial charge in [0, 0.05) is 23.4 Å². The lowest BCUT2D eigenvalue weighted by Gasteiger charge is -2.37. The smallest absolute Gasteiger partial charge is 0.175 e. The van der Waals surface area contributed by atoms with E-state index in [1.54, 1.807) is 31.5 Å². The van der Waals surface area contributed by atoms with Crippen LogP contribution in [0.5, 0.6) is 11.5 Å². The molecule has 0 amide bonds. The molecule has 0 fully saturated rings. The maximum atomic E-state index is 14.0. The van der Waals surface area contributed by atoms with Crippen LogP contribution in [0.3, 0.4) is 0 Å². The van der Waals surface area contributed by atoms with Crippen molar-refractivity contribution in [1.82, 2.24) is 0 Å². The van der Waals surface area contributed by atoms with Gasteiger partial charge < -0.3 is 14.8 Å². The molecule has 0 bridgehead atoms. The lowest BCUT2D eigenvalue weighted by Crippen LogP contribution is -2.28. The van der Waals surface area contributed by atoms with Crippen LogP contribution in [0.4, 0.5) is 15.8 Å². The summed E-state index contributed by atoms with van der Waals surface area (Å²) in [5.74, 6) is 1.73. The van der Waals surface area contributed by atoms with Gasteiger partial charge in [-0.1, -0.05) is 60.7 Å². The number of hydrogen-bond donors (Lipinski definition) is 1. The van der Waals surface area contributed by atoms with Crippen molar-refractivity contribution in [2.75, 3.05) is 12.4 Å². The van der Waals surface area contributed by atoms with Crippen LogP contribution >= 0.6 is 15.9 Å². The van der Waals surface area contributed by atoms with Crippen LogP contribution in [-0.4, -0.2) is 13.3 Å². The number of benzene rings is 4. The van der Waals surface area contributed by atoms with Crippen LogP contribution in [0.25, 0.3) is 0 Å². The third kappa shape index (κ3) is 5.21. The lowest BCUT2D eigenvalue weighted by molar-refractivity contribution is 0.278. The average molecular weight is 584 g/mol. The highest BCUT2D eigenvalue weighted by Crippen LogP contribution is 2.49. The van der Waals surface area contributed by atoms with Crippen molar-refractivity contribution in [1.29, 1.82) is 0 Å². The number of fused-ring (bicyclic) bond motifs is 3. The SMILES string of the molecule is COc1cc(C=Nc2ccc([C@@H]3Nc4ccccc4[C@H]4C=CC[C@H]43)cc2)cc(Br)c1OCc1ccccc1F. The number of rotatable bonds is 7. The summed E-state index contributed by atoms with van der Waals surface area (Å²) >= 11 is 3.57. The minimum Gasteiger partial charge on any atom is -0.493 e. The zero-order chi connectivity index (χ0) is 26.8. The second-order valence-corrected chi connectivity index (χ2v) is 10.7. The predicted molar refractivity (Wildman–Crippen MR) is 158 cm³/mol. The van der Waals surface area contributed by atoms with Crippen LogP contribution in [0.15, 0.2) is 107 Å². The van der Waals surface area contributed by atoms with Crippen molar-refractivity contribution >= 4 is 33.5 Å². The summed E-state index contributed by atoms with van der Waals surface area (Å²) in [4.78, 5) is 4.69. The molecule has 1 aliphatic carbocycles. The molecule has 0 unspecified atom stereocenters. The number of methoxy groups -OCH3 is 1. The van der Waals surface area contributed by atoms with Crippen molar-refractivity contribution in [3.05, 3.63) is 130 Å². The van der Waals surface area contributed by atoms with Crippen molar-refractivity contribution in [2.45, 2.75) is 25.0 Å². The van der Waals surface area contributed by atoms with Gasteiger partial charge in [0.15, 0.2) is 11.5 Å². The molecule has 1 heterocycles. The third-order valence-corrected chi connectivity index (χ3v) is 8.06. The number of halogens is 2. The summed E-state index contributed by atoms with van der Waals surface area (Å²) in [5.41, 5.74) is 6.07. The summed E-state index contributed by atoms with van der Waals surface area (Å²) in [6.45, 7) is 0.0977. The Balaban J connectivity index is 1.17. The molecule has 39 heavy (non-hydrogen) atoms. The summed E-state index contributed by atoms with van der Waals surface area (Å²) in [6.07, 6.45) is 7.55. The van der Waals surface area contributed by atoms with E-state index < -0.39 is 0 Å². The molecule has 6 rings (SSSR count). The maximum Gasteiger partial charge on any atom is 0.175 e. The van der Waals surface area contributed by atoms with Gasteiger partial charge in [-0.05, 0) is 81.4 Å². The Morgan fingerprint density at radius 2 is 1.82 bits per heavy atom. The first-order valence-corrected chi connectivity index (χ1v) is 13.8. The molecule has 3 atom stereocenters. The Kier molecular flexibility index (Phi) is 7.20. The Bertz CT molecular complexity index is 1550. The van der Waals surface area contributed by atoms with Crippen LogP contribution in [0.2, 0.25) is 0 Å². The largest absolute Gasteiger partial charge is 0.493 e. The molecule has 4 aromatic carbocycles. The molecule has 196 valence electrons. The van der Waals surface area contributed by atoms with Crippen LogP contribution < -0.4 is 14.8 Å². The third-order valence-electron chi connectivity index (χ3n) is 7.47. The summed E-state index contributed by atoms with van der Waals surface area (Å²) in [6, 6.07) is 27.7. The van der Waals surface area contributed by atoms with Gasteiger partial charge >= 0.3 is 0 Å². The highest BCUT2D eigenvalue weighted by molar-refractivity contribution is 9.10. The molecule has 1 N–H and O–H groups in total. The lowest BCUT2D eigenvalue weighted by atomic mass is 9.77. The first kappa shape index (κ1) is 25.4. The number of para-hydroxylation sites is 1. The molecule has 0 spiro atoms. The van der Waals surface area contributed by atoms with E-state index in [-0.39, 0.29) is 18.5 Å². The Morgan fingerprint density at radius 1 is 1.03 bits per heavy atom. The molecule has 1 aliphatic heterocycles. The second kappa shape index (κ2) is 11.1. The van der Waals surface area contributed by atoms with Crippen LogP contribution in [0, 0.1) is 11.7 Å². The van der Waals surface area contributed by atoms with Crippen molar-refractivity contribution < 1.29 is 13.9 Å². The Labute approximate surface area is 236 Å². The van der Waals surface area contributed by atoms with Gasteiger partial charge in [0.05, 0.1) is 23.3 Å². The topological polar surface area (TPSA) is 42.8 Å². The molecule has 4 aromatic rings. The van der Waals surface area contributed by atoms with E-state index in [0.717, 1.165) is 17.7 Å². The van der Waals surface area contributed by atoms with Gasteiger partial charge in [-0.3, -0.25) is 4.99 Å². The zero-order valence-corrected chi connectivity index (χ0v) is 23.1. The number of ether oxygens (including phenoxy) is 2. The quantitative estimate of drug-likeness (QED) is 0.175. The Hall–Kier alpha value is -3.90. The minimum absolute atomic E-state index is 0.0977. The summed E-state index contributed by atoms with van der Waals surface area (Å²) in [5, 5.41) is 3.78. The second-order valence-electron chi connectivity index (χ2n) is 9.83. The van der Waals surface area contributed by atoms with E-state index in [4.69, 9.17) is 14.5 Å². The fourth-order valence-electron chi connectivity index (χ4n) is 5.51. The molecule has 0 saturated carbocycles. The normalized spacial score (nSPS) is 19.4. The molecular formula is C33H28BrFN2O2. The first-order valence-electron chi connectivity index (χ1n) is 13.0. The molecule has 4 nitrogen and oxygen atoms in total. The Morgan fingerprint density at radius 3 is 2.64 bits per heavy atom. The van der Waals surface area contributed by atoms with Crippen molar-refractivity contribution in [3.63, 3.8) is 0 Å². The van der Waals surface area contributed by atoms with E-state index in [9.17, 15) is 4.39 Å². The standard InChI is InChI=1S/C33H28BrFN2O2/c1-38-31-18-21(17-28(34)33(31)39-20-23-7-2-4-11-29(23)35)19-36-24-15-13-22(14-16-24)32-27-10-6-9-25(27)26-8-3-5-12-30(26)37-32/h2-9,11-19,25,27,32,37H,10,20H2,1H3/t25-,27-,32+/m1/s1. The van der Waals surface area contributed by atoms with Crippen molar-refractivity contribution in [3.8, 4) is 11.5 Å². The van der Waals surface area contributed by atoms with E-state index in [0.29, 0.717) is 33.4 Å². The predicted octanol–water partition coefficient (Wildman–Crippen LogP) is 8.75. The van der Waals surface area contributed by atoms with Crippen LogP contribution in [0.1, 0.15) is 40.6 Å². The highest BCUT2D eigenvalue weighted by atomic mass is 79.9. The van der Waals surface area contributed by atoms with E-state index in [1.165, 1.54) is 22.9 Å². The van der Waals surface area contributed by atoms with E-state index >= 15 is 0 Å². The van der Waals surface area contributed by atoms with E-state index in [2.05, 4.69) is 81.9 Å². The summed E-state index contributed by atoms with van der Waals surface area (Å²) < 4.78 is 26.2. The summed E-state index contributed by atoms with van der Waals surface area (Å²) in [7, 11) is 1.58. The number of anilines is 1. The monoisotopic (exact) mass is 582 g/mol. The van der Waals surface area contributed by atoms with E-state index in [1.807, 2.05) is 12.1 Å². The maximum absolute atomic E-state index is 14.0. The fraction of sp³-hybridized carbons (Fsp3) is 0.182. The van der Waals surface area contributed by atoms with Crippen LogP contribution in [-0.2, 0) is 6.61 Å². The molecular weight excluding hydrogens is 555 g/mol. The van der Waals surface area contributed by atoms with Gasteiger partial charge in [0.1, 0.15) is 12.4 Å². The minimum atomic E-state index is -0.300.